The topological polar surface area (TPSA) is 32.3 Å². The zero-order chi connectivity index (χ0) is 25.7. The highest BCUT2D eigenvalue weighted by Crippen LogP contribution is 2.37. The predicted molar refractivity (Wildman–Crippen MR) is 147 cm³/mol. The summed E-state index contributed by atoms with van der Waals surface area (Å²) in [6, 6.07) is 23.6. The molecule has 0 spiro atoms. The van der Waals surface area contributed by atoms with Gasteiger partial charge in [-0.05, 0) is 66.2 Å². The number of amides is 2. The van der Waals surface area contributed by atoms with Gasteiger partial charge in [0.15, 0.2) is 0 Å². The van der Waals surface area contributed by atoms with Gasteiger partial charge in [0, 0.05) is 17.3 Å². The predicted octanol–water partition coefficient (Wildman–Crippen LogP) is 8.83. The van der Waals surface area contributed by atoms with E-state index in [1.165, 1.54) is 11.6 Å². The lowest BCUT2D eigenvalue weighted by Crippen LogP contribution is -2.44. The van der Waals surface area contributed by atoms with Gasteiger partial charge in [0.1, 0.15) is 5.82 Å². The minimum absolute atomic E-state index is 0.0679. The molecule has 36 heavy (non-hydrogen) atoms. The lowest BCUT2D eigenvalue weighted by molar-refractivity contribution is 0.157. The first kappa shape index (κ1) is 25.9. The molecule has 0 saturated heterocycles. The number of rotatable bonds is 7. The zero-order valence-corrected chi connectivity index (χ0v) is 22.0. The van der Waals surface area contributed by atoms with E-state index in [1.807, 2.05) is 11.0 Å². The second-order valence-corrected chi connectivity index (χ2v) is 10.7. The van der Waals surface area contributed by atoms with Crippen LogP contribution in [-0.2, 0) is 6.54 Å². The number of urea groups is 1. The fraction of sp³-hybridized carbons (Fsp3) is 0.406. The fourth-order valence-electron chi connectivity index (χ4n) is 5.50. The minimum atomic E-state index is -0.265. The van der Waals surface area contributed by atoms with E-state index in [-0.39, 0.29) is 36.3 Å². The molecule has 0 unspecified atom stereocenters. The van der Waals surface area contributed by atoms with Gasteiger partial charge in [0.2, 0.25) is 0 Å². The van der Waals surface area contributed by atoms with Gasteiger partial charge in [0.25, 0.3) is 0 Å². The average Bonchev–Trinajstić information content (AvgIpc) is 2.88. The number of para-hydroxylation sites is 1. The van der Waals surface area contributed by atoms with E-state index in [0.29, 0.717) is 11.5 Å². The fourth-order valence-corrected chi connectivity index (χ4v) is 5.50. The summed E-state index contributed by atoms with van der Waals surface area (Å²) in [4.78, 5) is 15.8. The molecule has 0 radical (unpaired) electrons. The van der Waals surface area contributed by atoms with Crippen molar-refractivity contribution in [1.82, 2.24) is 4.90 Å². The van der Waals surface area contributed by atoms with Gasteiger partial charge in [-0.3, -0.25) is 0 Å². The Morgan fingerprint density at radius 2 is 1.42 bits per heavy atom. The summed E-state index contributed by atoms with van der Waals surface area (Å²) in [6.07, 6.45) is 3.86. The third-order valence-electron chi connectivity index (χ3n) is 7.57. The second kappa shape index (κ2) is 11.7. The van der Waals surface area contributed by atoms with Crippen LogP contribution in [-0.4, -0.2) is 17.0 Å². The van der Waals surface area contributed by atoms with Crippen molar-refractivity contribution in [3.8, 4) is 0 Å². The number of hydrogen-bond donors (Lipinski definition) is 1. The maximum atomic E-state index is 14.7. The Morgan fingerprint density at radius 3 is 2.00 bits per heavy atom. The standard InChI is InChI=1S/C32H39FN2O/c1-22(2)28-14-10-15-29(23(3)4)31(28)34-32(36)35(21-26-13-8-9-16-30(26)33)27-19-17-25(18-20-27)24-11-6-5-7-12-24/h5-16,22-23,25,27H,17-21H2,1-4H3,(H,34,36)/t25-,27-. The van der Waals surface area contributed by atoms with E-state index < -0.39 is 0 Å². The molecular weight excluding hydrogens is 447 g/mol. The maximum absolute atomic E-state index is 14.7. The van der Waals surface area contributed by atoms with Crippen molar-refractivity contribution in [3.63, 3.8) is 0 Å². The van der Waals surface area contributed by atoms with E-state index >= 15 is 0 Å². The number of nitrogens with zero attached hydrogens (tertiary/aromatic N) is 1. The molecule has 0 atom stereocenters. The highest BCUT2D eigenvalue weighted by atomic mass is 19.1. The van der Waals surface area contributed by atoms with Crippen LogP contribution in [0.25, 0.3) is 0 Å². The van der Waals surface area contributed by atoms with Gasteiger partial charge in [-0.1, -0.05) is 94.4 Å². The smallest absolute Gasteiger partial charge is 0.317 e. The third-order valence-corrected chi connectivity index (χ3v) is 7.57. The Morgan fingerprint density at radius 1 is 0.833 bits per heavy atom. The number of halogens is 1. The normalized spacial score (nSPS) is 17.9. The van der Waals surface area contributed by atoms with Gasteiger partial charge in [-0.15, -0.1) is 0 Å². The summed E-state index contributed by atoms with van der Waals surface area (Å²) < 4.78 is 14.7. The Balaban J connectivity index is 1.60. The van der Waals surface area contributed by atoms with Crippen molar-refractivity contribution in [1.29, 1.82) is 0 Å². The molecular formula is C32H39FN2O. The highest BCUT2D eigenvalue weighted by Gasteiger charge is 2.31. The Hall–Kier alpha value is -3.14. The van der Waals surface area contributed by atoms with Crippen molar-refractivity contribution in [2.24, 2.45) is 0 Å². The van der Waals surface area contributed by atoms with Crippen LogP contribution in [0.3, 0.4) is 0 Å². The summed E-state index contributed by atoms with van der Waals surface area (Å²) in [5, 5.41) is 3.29. The molecule has 0 bridgehead atoms. The Labute approximate surface area is 215 Å². The molecule has 3 nitrogen and oxygen atoms in total. The molecule has 0 heterocycles. The van der Waals surface area contributed by atoms with Gasteiger partial charge in [-0.25, -0.2) is 9.18 Å². The van der Waals surface area contributed by atoms with Crippen molar-refractivity contribution in [3.05, 3.63) is 101 Å². The average molecular weight is 487 g/mol. The molecule has 3 aromatic carbocycles. The Bertz CT molecular complexity index is 1120. The van der Waals surface area contributed by atoms with Crippen LogP contribution in [0.5, 0.6) is 0 Å². The monoisotopic (exact) mass is 486 g/mol. The number of carbonyl (C=O) groups is 1. The number of benzene rings is 3. The third kappa shape index (κ3) is 5.98. The Kier molecular flexibility index (Phi) is 8.45. The first-order chi connectivity index (χ1) is 17.3. The second-order valence-electron chi connectivity index (χ2n) is 10.7. The summed E-state index contributed by atoms with van der Waals surface area (Å²) in [5.41, 5.74) is 5.10. The molecule has 2 amide bonds. The van der Waals surface area contributed by atoms with Crippen molar-refractivity contribution >= 4 is 11.7 Å². The molecule has 190 valence electrons. The molecule has 4 heteroatoms. The SMILES string of the molecule is CC(C)c1cccc(C(C)C)c1NC(=O)N(Cc1ccccc1F)[C@H]1CC[C@H](c2ccccc2)CC1. The minimum Gasteiger partial charge on any atom is -0.317 e. The summed E-state index contributed by atoms with van der Waals surface area (Å²) >= 11 is 0. The van der Waals surface area contributed by atoms with E-state index in [9.17, 15) is 9.18 Å². The molecule has 1 aliphatic carbocycles. The molecule has 1 saturated carbocycles. The van der Waals surface area contributed by atoms with Gasteiger partial charge < -0.3 is 10.2 Å². The maximum Gasteiger partial charge on any atom is 0.322 e. The van der Waals surface area contributed by atoms with Gasteiger partial charge in [-0.2, -0.15) is 0 Å². The van der Waals surface area contributed by atoms with Crippen LogP contribution >= 0.6 is 0 Å². The summed E-state index contributed by atoms with van der Waals surface area (Å²) in [6.45, 7) is 8.86. The van der Waals surface area contributed by atoms with E-state index in [0.717, 1.165) is 42.5 Å². The van der Waals surface area contributed by atoms with Crippen LogP contribution in [0.1, 0.15) is 93.4 Å². The highest BCUT2D eigenvalue weighted by molar-refractivity contribution is 5.91. The van der Waals surface area contributed by atoms with Crippen LogP contribution in [0.15, 0.2) is 72.8 Å². The summed E-state index contributed by atoms with van der Waals surface area (Å²) in [7, 11) is 0. The molecule has 3 aromatic rings. The van der Waals surface area contributed by atoms with Crippen LogP contribution in [0, 0.1) is 5.82 Å². The van der Waals surface area contributed by atoms with Crippen molar-refractivity contribution in [2.75, 3.05) is 5.32 Å². The van der Waals surface area contributed by atoms with E-state index in [1.54, 1.807) is 12.1 Å². The van der Waals surface area contributed by atoms with Crippen molar-refractivity contribution in [2.45, 2.75) is 83.7 Å². The molecule has 1 aliphatic rings. The number of nitrogens with one attached hydrogen (secondary N) is 1. The van der Waals surface area contributed by atoms with Crippen LogP contribution < -0.4 is 5.32 Å². The lowest BCUT2D eigenvalue weighted by Gasteiger charge is -2.37. The van der Waals surface area contributed by atoms with Gasteiger partial charge in [0.05, 0.1) is 6.54 Å². The first-order valence-electron chi connectivity index (χ1n) is 13.3. The number of anilines is 1. The molecule has 1 N–H and O–H groups in total. The molecule has 0 aliphatic heterocycles. The molecule has 4 rings (SSSR count). The molecule has 0 aromatic heterocycles. The van der Waals surface area contributed by atoms with Crippen LogP contribution in [0.2, 0.25) is 0 Å². The van der Waals surface area contributed by atoms with Gasteiger partial charge >= 0.3 is 6.03 Å². The first-order valence-corrected chi connectivity index (χ1v) is 13.3. The van der Waals surface area contributed by atoms with Crippen LogP contribution in [0.4, 0.5) is 14.9 Å². The number of hydrogen-bond acceptors (Lipinski definition) is 1. The van der Waals surface area contributed by atoms with E-state index in [4.69, 9.17) is 0 Å². The quantitative estimate of drug-likeness (QED) is 0.355. The molecule has 1 fully saturated rings. The van der Waals surface area contributed by atoms with E-state index in [2.05, 4.69) is 81.5 Å². The lowest BCUT2D eigenvalue weighted by atomic mass is 9.81. The van der Waals surface area contributed by atoms with Crippen molar-refractivity contribution < 1.29 is 9.18 Å². The number of carbonyl (C=O) groups excluding carboxylic acids is 1. The zero-order valence-electron chi connectivity index (χ0n) is 22.0. The largest absolute Gasteiger partial charge is 0.322 e. The summed E-state index contributed by atoms with van der Waals surface area (Å²) in [5.74, 6) is 0.800.